The summed E-state index contributed by atoms with van der Waals surface area (Å²) in [5.41, 5.74) is -0.204. The zero-order valence-corrected chi connectivity index (χ0v) is 19.7. The Labute approximate surface area is 206 Å². The van der Waals surface area contributed by atoms with Gasteiger partial charge in [0, 0.05) is 16.9 Å². The number of rotatable bonds is 8. The highest BCUT2D eigenvalue weighted by Crippen LogP contribution is 2.38. The summed E-state index contributed by atoms with van der Waals surface area (Å²) < 4.78 is 41.3. The first kappa shape index (κ1) is 25.0. The third kappa shape index (κ3) is 6.13. The van der Waals surface area contributed by atoms with E-state index in [2.05, 4.69) is 16.2 Å². The smallest absolute Gasteiger partial charge is 0.177 e. The van der Waals surface area contributed by atoms with Crippen LogP contribution in [0.15, 0.2) is 61.2 Å². The van der Waals surface area contributed by atoms with Crippen molar-refractivity contribution in [2.75, 3.05) is 13.2 Å². The highest BCUT2D eigenvalue weighted by atomic mass is 32.2. The molecule has 182 valence electrons. The number of hydrogen-bond acceptors (Lipinski definition) is 7. The minimum atomic E-state index is -1.69. The molecular formula is C25H24F2N4O3S. The fourth-order valence-corrected chi connectivity index (χ4v) is 5.10. The van der Waals surface area contributed by atoms with Gasteiger partial charge < -0.3 is 14.6 Å². The maximum Gasteiger partial charge on any atom is 0.177 e. The monoisotopic (exact) mass is 498 g/mol. The number of nitriles is 1. The van der Waals surface area contributed by atoms with Crippen molar-refractivity contribution in [3.8, 4) is 6.07 Å². The fourth-order valence-electron chi connectivity index (χ4n) is 3.78. The Kier molecular flexibility index (Phi) is 7.93. The molecule has 2 aromatic carbocycles. The van der Waals surface area contributed by atoms with Crippen molar-refractivity contribution in [3.05, 3.63) is 89.5 Å². The maximum absolute atomic E-state index is 14.7. The normalized spacial score (nSPS) is 20.9. The molecule has 0 unspecified atom stereocenters. The van der Waals surface area contributed by atoms with Crippen molar-refractivity contribution in [3.63, 3.8) is 0 Å². The van der Waals surface area contributed by atoms with Crippen LogP contribution in [0.5, 0.6) is 0 Å². The molecule has 1 aliphatic rings. The van der Waals surface area contributed by atoms with Gasteiger partial charge in [-0.05, 0) is 29.8 Å². The molecule has 1 fully saturated rings. The van der Waals surface area contributed by atoms with Crippen LogP contribution in [0.25, 0.3) is 6.08 Å². The second-order valence-electron chi connectivity index (χ2n) is 8.17. The molecule has 1 aliphatic heterocycles. The Morgan fingerprint density at radius 3 is 2.63 bits per heavy atom. The van der Waals surface area contributed by atoms with E-state index in [9.17, 15) is 13.9 Å². The van der Waals surface area contributed by atoms with E-state index in [1.807, 2.05) is 18.2 Å². The van der Waals surface area contributed by atoms with Crippen LogP contribution in [-0.2, 0) is 21.6 Å². The van der Waals surface area contributed by atoms with E-state index in [0.29, 0.717) is 18.8 Å². The van der Waals surface area contributed by atoms with E-state index in [1.165, 1.54) is 35.2 Å². The molecule has 1 saturated heterocycles. The lowest BCUT2D eigenvalue weighted by Crippen LogP contribution is -2.43. The number of aliphatic hydroxyl groups is 1. The maximum atomic E-state index is 14.7. The molecule has 3 aromatic rings. The molecule has 0 saturated carbocycles. The average molecular weight is 499 g/mol. The van der Waals surface area contributed by atoms with E-state index < -0.39 is 28.8 Å². The molecular weight excluding hydrogens is 474 g/mol. The quantitative estimate of drug-likeness (QED) is 0.504. The van der Waals surface area contributed by atoms with E-state index in [4.69, 9.17) is 14.7 Å². The predicted octanol–water partition coefficient (Wildman–Crippen LogP) is 3.89. The van der Waals surface area contributed by atoms with Crippen LogP contribution in [0.4, 0.5) is 8.78 Å². The number of nitrogens with zero attached hydrogens (tertiary/aromatic N) is 4. The zero-order valence-electron chi connectivity index (χ0n) is 18.9. The van der Waals surface area contributed by atoms with Crippen LogP contribution < -0.4 is 0 Å². The van der Waals surface area contributed by atoms with Crippen molar-refractivity contribution >= 4 is 17.8 Å². The Balaban J connectivity index is 1.40. The van der Waals surface area contributed by atoms with Crippen LogP contribution >= 0.6 is 11.8 Å². The van der Waals surface area contributed by atoms with Crippen molar-refractivity contribution in [1.82, 2.24) is 14.8 Å². The molecule has 10 heteroatoms. The molecule has 1 N–H and O–H groups in total. The largest absolute Gasteiger partial charge is 0.382 e. The first-order valence-corrected chi connectivity index (χ1v) is 11.9. The molecule has 2 atom stereocenters. The SMILES string of the molecule is C[C@@H](SC1COC(C=Cc2ccc(C#N)cc2)OC1)[C@](O)(Cn1cncn1)c1ccc(F)cc1F. The lowest BCUT2D eigenvalue weighted by Gasteiger charge is -2.37. The molecule has 35 heavy (non-hydrogen) atoms. The van der Waals surface area contributed by atoms with Gasteiger partial charge in [-0.2, -0.15) is 10.4 Å². The van der Waals surface area contributed by atoms with Gasteiger partial charge in [0.1, 0.15) is 29.9 Å². The predicted molar refractivity (Wildman–Crippen MR) is 127 cm³/mol. The fraction of sp³-hybridized carbons (Fsp3) is 0.320. The summed E-state index contributed by atoms with van der Waals surface area (Å²) in [5.74, 6) is -1.55. The van der Waals surface area contributed by atoms with Gasteiger partial charge in [-0.1, -0.05) is 31.2 Å². The number of aromatic nitrogens is 3. The van der Waals surface area contributed by atoms with Gasteiger partial charge in [0.15, 0.2) is 6.29 Å². The summed E-state index contributed by atoms with van der Waals surface area (Å²) >= 11 is 1.40. The summed E-state index contributed by atoms with van der Waals surface area (Å²) in [6, 6.07) is 12.4. The van der Waals surface area contributed by atoms with Crippen molar-refractivity contribution in [2.45, 2.75) is 35.9 Å². The summed E-state index contributed by atoms with van der Waals surface area (Å²) in [4.78, 5) is 3.89. The van der Waals surface area contributed by atoms with E-state index in [1.54, 1.807) is 25.1 Å². The van der Waals surface area contributed by atoms with Crippen LogP contribution in [0.3, 0.4) is 0 Å². The van der Waals surface area contributed by atoms with Gasteiger partial charge in [0.05, 0.1) is 36.6 Å². The van der Waals surface area contributed by atoms with E-state index in [0.717, 1.165) is 17.7 Å². The molecule has 0 bridgehead atoms. The van der Waals surface area contributed by atoms with Gasteiger partial charge in [-0.25, -0.2) is 18.4 Å². The Morgan fingerprint density at radius 2 is 2.00 bits per heavy atom. The number of halogens is 2. The summed E-state index contributed by atoms with van der Waals surface area (Å²) in [6.07, 6.45) is 5.88. The van der Waals surface area contributed by atoms with E-state index >= 15 is 0 Å². The van der Waals surface area contributed by atoms with Crippen LogP contribution in [0, 0.1) is 23.0 Å². The van der Waals surface area contributed by atoms with Gasteiger partial charge in [-0.3, -0.25) is 0 Å². The molecule has 0 radical (unpaired) electrons. The number of thioether (sulfide) groups is 1. The molecule has 2 heterocycles. The van der Waals surface area contributed by atoms with Gasteiger partial charge in [0.25, 0.3) is 0 Å². The average Bonchev–Trinajstić information content (AvgIpc) is 3.36. The number of hydrogen-bond donors (Lipinski definition) is 1. The minimum Gasteiger partial charge on any atom is -0.382 e. The van der Waals surface area contributed by atoms with Gasteiger partial charge in [-0.15, -0.1) is 11.8 Å². The molecule has 1 aromatic heterocycles. The minimum absolute atomic E-state index is 0.0183. The first-order chi connectivity index (χ1) is 16.9. The molecule has 0 amide bonds. The van der Waals surface area contributed by atoms with Gasteiger partial charge >= 0.3 is 0 Å². The Bertz CT molecular complexity index is 1190. The third-order valence-corrected chi connectivity index (χ3v) is 7.17. The topological polar surface area (TPSA) is 93.2 Å². The second-order valence-corrected chi connectivity index (χ2v) is 9.82. The second kappa shape index (κ2) is 11.1. The summed E-state index contributed by atoms with van der Waals surface area (Å²) in [7, 11) is 0. The van der Waals surface area contributed by atoms with Crippen LogP contribution in [0.2, 0.25) is 0 Å². The molecule has 0 aliphatic carbocycles. The van der Waals surface area contributed by atoms with Crippen LogP contribution in [-0.4, -0.2) is 49.9 Å². The third-order valence-electron chi connectivity index (χ3n) is 5.71. The van der Waals surface area contributed by atoms with Crippen molar-refractivity contribution in [2.24, 2.45) is 0 Å². The standard InChI is InChI=1S/C25H24F2N4O3S/c1-17(25(32,14-31-16-29-15-30-31)22-8-7-20(26)10-23(22)27)35-21-12-33-24(34-13-21)9-6-18-2-4-19(11-28)5-3-18/h2-10,15-17,21,24,32H,12-14H2,1H3/t17-,21?,24?,25-/m1/s1. The molecule has 7 nitrogen and oxygen atoms in total. The number of ether oxygens (including phenoxy) is 2. The number of benzene rings is 2. The highest BCUT2D eigenvalue weighted by Gasteiger charge is 2.41. The van der Waals surface area contributed by atoms with Gasteiger partial charge in [0.2, 0.25) is 0 Å². The molecule has 4 rings (SSSR count). The summed E-state index contributed by atoms with van der Waals surface area (Å²) in [6.45, 7) is 2.45. The first-order valence-electron chi connectivity index (χ1n) is 10.9. The Morgan fingerprint density at radius 1 is 1.26 bits per heavy atom. The van der Waals surface area contributed by atoms with Crippen molar-refractivity contribution in [1.29, 1.82) is 5.26 Å². The van der Waals surface area contributed by atoms with E-state index in [-0.39, 0.29) is 17.4 Å². The lowest BCUT2D eigenvalue weighted by atomic mass is 9.90. The molecule has 0 spiro atoms. The highest BCUT2D eigenvalue weighted by molar-refractivity contribution is 8.00. The lowest BCUT2D eigenvalue weighted by molar-refractivity contribution is -0.146. The zero-order chi connectivity index (χ0) is 24.8. The van der Waals surface area contributed by atoms with Crippen LogP contribution in [0.1, 0.15) is 23.6 Å². The Hall–Kier alpha value is -3.10. The van der Waals surface area contributed by atoms with Crippen molar-refractivity contribution < 1.29 is 23.4 Å². The summed E-state index contributed by atoms with van der Waals surface area (Å²) in [5, 5.41) is 23.9.